The third kappa shape index (κ3) is 2.66. The standard InChI is InChI=1S/C14H10BrN3S2/c15-11-4-2-1-3-10(11)13-8-19-14(20-13)12(7-16)18-6-5-17-9-18/h1-6,9,13H,8H2/b14-12+. The van der Waals surface area contributed by atoms with Crippen LogP contribution in [-0.2, 0) is 0 Å². The summed E-state index contributed by atoms with van der Waals surface area (Å²) in [6.07, 6.45) is 5.16. The first-order valence-corrected chi connectivity index (χ1v) is 8.62. The Balaban J connectivity index is 1.90. The summed E-state index contributed by atoms with van der Waals surface area (Å²) < 4.78 is 3.96. The number of nitriles is 1. The number of imidazole rings is 1. The van der Waals surface area contributed by atoms with Gasteiger partial charge in [-0.2, -0.15) is 5.26 Å². The second-order valence-electron chi connectivity index (χ2n) is 4.16. The van der Waals surface area contributed by atoms with Gasteiger partial charge < -0.3 is 0 Å². The maximum Gasteiger partial charge on any atom is 0.145 e. The summed E-state index contributed by atoms with van der Waals surface area (Å²) in [6, 6.07) is 10.5. The van der Waals surface area contributed by atoms with Crippen LogP contribution in [0.5, 0.6) is 0 Å². The second kappa shape index (κ2) is 6.08. The monoisotopic (exact) mass is 363 g/mol. The Morgan fingerprint density at radius 2 is 2.30 bits per heavy atom. The molecule has 0 N–H and O–H groups in total. The number of halogens is 1. The summed E-state index contributed by atoms with van der Waals surface area (Å²) >= 11 is 7.09. The minimum atomic E-state index is 0.373. The average Bonchev–Trinajstić information content (AvgIpc) is 3.12. The number of hydrogen-bond acceptors (Lipinski definition) is 4. The van der Waals surface area contributed by atoms with Crippen molar-refractivity contribution in [2.45, 2.75) is 5.25 Å². The molecule has 1 saturated heterocycles. The van der Waals surface area contributed by atoms with Crippen molar-refractivity contribution in [3.8, 4) is 6.07 Å². The Morgan fingerprint density at radius 3 is 3.00 bits per heavy atom. The van der Waals surface area contributed by atoms with Crippen LogP contribution in [-0.4, -0.2) is 15.3 Å². The molecule has 0 bridgehead atoms. The maximum absolute atomic E-state index is 9.38. The van der Waals surface area contributed by atoms with Crippen LogP contribution in [0, 0.1) is 11.3 Å². The predicted octanol–water partition coefficient (Wildman–Crippen LogP) is 4.52. The first kappa shape index (κ1) is 13.8. The fourth-order valence-electron chi connectivity index (χ4n) is 1.96. The zero-order chi connectivity index (χ0) is 13.9. The molecule has 1 unspecified atom stereocenters. The van der Waals surface area contributed by atoms with E-state index in [1.54, 1.807) is 46.8 Å². The van der Waals surface area contributed by atoms with E-state index in [-0.39, 0.29) is 0 Å². The molecule has 0 radical (unpaired) electrons. The lowest BCUT2D eigenvalue weighted by atomic mass is 10.2. The Labute approximate surface area is 134 Å². The Hall–Kier alpha value is -1.16. The van der Waals surface area contributed by atoms with Crippen LogP contribution in [0.25, 0.3) is 5.70 Å². The van der Waals surface area contributed by atoms with Gasteiger partial charge in [-0.3, -0.25) is 4.57 Å². The molecule has 100 valence electrons. The summed E-state index contributed by atoms with van der Waals surface area (Å²) in [5.41, 5.74) is 1.94. The van der Waals surface area contributed by atoms with E-state index in [0.29, 0.717) is 10.9 Å². The van der Waals surface area contributed by atoms with Gasteiger partial charge in [-0.1, -0.05) is 34.1 Å². The molecular formula is C14H10BrN3S2. The summed E-state index contributed by atoms with van der Waals surface area (Å²) in [4.78, 5) is 4.01. The van der Waals surface area contributed by atoms with Gasteiger partial charge in [0.15, 0.2) is 0 Å². The number of hydrogen-bond donors (Lipinski definition) is 0. The largest absolute Gasteiger partial charge is 0.296 e. The van der Waals surface area contributed by atoms with E-state index in [0.717, 1.165) is 14.5 Å². The van der Waals surface area contributed by atoms with E-state index in [2.05, 4.69) is 39.1 Å². The minimum Gasteiger partial charge on any atom is -0.296 e. The molecular weight excluding hydrogens is 354 g/mol. The molecule has 0 spiro atoms. The van der Waals surface area contributed by atoms with Crippen LogP contribution in [0.15, 0.2) is 51.7 Å². The third-order valence-electron chi connectivity index (χ3n) is 2.93. The molecule has 1 aliphatic rings. The molecule has 0 saturated carbocycles. The van der Waals surface area contributed by atoms with Crippen molar-refractivity contribution >= 4 is 45.2 Å². The lowest BCUT2D eigenvalue weighted by Crippen LogP contribution is -1.93. The summed E-state index contributed by atoms with van der Waals surface area (Å²) in [7, 11) is 0. The molecule has 2 aromatic rings. The van der Waals surface area contributed by atoms with Gasteiger partial charge in [0.05, 0.1) is 10.6 Å². The zero-order valence-electron chi connectivity index (χ0n) is 10.4. The molecule has 3 nitrogen and oxygen atoms in total. The molecule has 1 atom stereocenters. The summed E-state index contributed by atoms with van der Waals surface area (Å²) in [5, 5.41) is 9.75. The fourth-order valence-corrected chi connectivity index (χ4v) is 5.60. The summed E-state index contributed by atoms with van der Waals surface area (Å²) in [5.74, 6) is 0.975. The summed E-state index contributed by atoms with van der Waals surface area (Å²) in [6.45, 7) is 0. The average molecular weight is 364 g/mol. The lowest BCUT2D eigenvalue weighted by molar-refractivity contribution is 1.10. The SMILES string of the molecule is N#C/C(=C1/SCC(c2ccccc2Br)S1)n1ccnc1. The van der Waals surface area contributed by atoms with Crippen molar-refractivity contribution in [3.05, 3.63) is 57.3 Å². The van der Waals surface area contributed by atoms with E-state index >= 15 is 0 Å². The van der Waals surface area contributed by atoms with Gasteiger partial charge in [0, 0.05) is 27.9 Å². The maximum atomic E-state index is 9.38. The second-order valence-corrected chi connectivity index (χ2v) is 7.51. The minimum absolute atomic E-state index is 0.373. The molecule has 0 amide bonds. The van der Waals surface area contributed by atoms with Gasteiger partial charge in [-0.25, -0.2) is 4.98 Å². The molecule has 2 heterocycles. The highest BCUT2D eigenvalue weighted by atomic mass is 79.9. The van der Waals surface area contributed by atoms with Gasteiger partial charge in [0.1, 0.15) is 11.8 Å². The number of nitrogens with zero attached hydrogens (tertiary/aromatic N) is 3. The van der Waals surface area contributed by atoms with E-state index in [9.17, 15) is 5.26 Å². The number of aromatic nitrogens is 2. The molecule has 1 aliphatic heterocycles. The number of allylic oxidation sites excluding steroid dienone is 1. The van der Waals surface area contributed by atoms with Gasteiger partial charge in [0.25, 0.3) is 0 Å². The molecule has 1 fully saturated rings. The van der Waals surface area contributed by atoms with Gasteiger partial charge in [0.2, 0.25) is 0 Å². The van der Waals surface area contributed by atoms with Crippen molar-refractivity contribution in [3.63, 3.8) is 0 Å². The van der Waals surface area contributed by atoms with Crippen molar-refractivity contribution in [1.29, 1.82) is 5.26 Å². The van der Waals surface area contributed by atoms with Crippen molar-refractivity contribution < 1.29 is 0 Å². The van der Waals surface area contributed by atoms with Crippen molar-refractivity contribution in [2.75, 3.05) is 5.75 Å². The predicted molar refractivity (Wildman–Crippen MR) is 88.0 cm³/mol. The smallest absolute Gasteiger partial charge is 0.145 e. The number of rotatable bonds is 2. The fraction of sp³-hybridized carbons (Fsp3) is 0.143. The first-order valence-electron chi connectivity index (χ1n) is 5.96. The van der Waals surface area contributed by atoms with E-state index < -0.39 is 0 Å². The van der Waals surface area contributed by atoms with Crippen LogP contribution >= 0.6 is 39.5 Å². The van der Waals surface area contributed by atoms with Crippen LogP contribution in [0.3, 0.4) is 0 Å². The highest BCUT2D eigenvalue weighted by molar-refractivity contribution is 9.10. The molecule has 1 aromatic carbocycles. The molecule has 3 rings (SSSR count). The number of thioether (sulfide) groups is 2. The highest BCUT2D eigenvalue weighted by Crippen LogP contribution is 2.53. The van der Waals surface area contributed by atoms with Crippen molar-refractivity contribution in [1.82, 2.24) is 9.55 Å². The lowest BCUT2D eigenvalue weighted by Gasteiger charge is -2.10. The molecule has 1 aromatic heterocycles. The van der Waals surface area contributed by atoms with Gasteiger partial charge in [-0.05, 0) is 11.6 Å². The van der Waals surface area contributed by atoms with Crippen LogP contribution in [0.1, 0.15) is 10.8 Å². The van der Waals surface area contributed by atoms with E-state index in [1.807, 2.05) is 12.1 Å². The Kier molecular flexibility index (Phi) is 4.20. The van der Waals surface area contributed by atoms with Gasteiger partial charge in [-0.15, -0.1) is 23.5 Å². The molecule has 20 heavy (non-hydrogen) atoms. The third-order valence-corrected chi connectivity index (χ3v) is 6.57. The topological polar surface area (TPSA) is 41.6 Å². The van der Waals surface area contributed by atoms with E-state index in [1.165, 1.54) is 5.56 Å². The first-order chi connectivity index (χ1) is 9.79. The van der Waals surface area contributed by atoms with E-state index in [4.69, 9.17) is 0 Å². The molecule has 0 aliphatic carbocycles. The number of benzene rings is 1. The quantitative estimate of drug-likeness (QED) is 0.735. The highest BCUT2D eigenvalue weighted by Gasteiger charge is 2.27. The van der Waals surface area contributed by atoms with Gasteiger partial charge >= 0.3 is 0 Å². The normalized spacial score (nSPS) is 20.7. The molecule has 6 heteroatoms. The van der Waals surface area contributed by atoms with Crippen molar-refractivity contribution in [2.24, 2.45) is 0 Å². The zero-order valence-corrected chi connectivity index (χ0v) is 13.6. The Morgan fingerprint density at radius 1 is 1.45 bits per heavy atom. The van der Waals surface area contributed by atoms with Crippen LogP contribution < -0.4 is 0 Å². The Bertz CT molecular complexity index is 689. The van der Waals surface area contributed by atoms with Crippen LogP contribution in [0.4, 0.5) is 0 Å². The van der Waals surface area contributed by atoms with Crippen LogP contribution in [0.2, 0.25) is 0 Å².